The fourth-order valence-electron chi connectivity index (χ4n) is 3.82. The van der Waals surface area contributed by atoms with Crippen molar-refractivity contribution in [2.75, 3.05) is 26.3 Å². The molecule has 0 saturated carbocycles. The van der Waals surface area contributed by atoms with Crippen LogP contribution in [0, 0.1) is 6.92 Å². The van der Waals surface area contributed by atoms with Crippen molar-refractivity contribution in [1.29, 1.82) is 0 Å². The van der Waals surface area contributed by atoms with Gasteiger partial charge in [0.2, 0.25) is 0 Å². The Morgan fingerprint density at radius 1 is 1.32 bits per heavy atom. The number of halogens is 2. The van der Waals surface area contributed by atoms with Crippen LogP contribution in [0.3, 0.4) is 0 Å². The summed E-state index contributed by atoms with van der Waals surface area (Å²) in [4.78, 5) is 23.4. The van der Waals surface area contributed by atoms with Gasteiger partial charge in [-0.2, -0.15) is 0 Å². The third kappa shape index (κ3) is 3.81. The van der Waals surface area contributed by atoms with Gasteiger partial charge < -0.3 is 14.4 Å². The number of aromatic nitrogens is 2. The summed E-state index contributed by atoms with van der Waals surface area (Å²) in [5.41, 5.74) is 1.72. The van der Waals surface area contributed by atoms with Crippen molar-refractivity contribution >= 4 is 29.1 Å². The van der Waals surface area contributed by atoms with Gasteiger partial charge in [0.25, 0.3) is 5.91 Å². The van der Waals surface area contributed by atoms with Crippen LogP contribution in [-0.4, -0.2) is 47.1 Å². The summed E-state index contributed by atoms with van der Waals surface area (Å²) in [5, 5.41) is 0.914. The van der Waals surface area contributed by atoms with E-state index in [4.69, 9.17) is 32.7 Å². The Bertz CT molecular complexity index is 898. The number of hydrogen-bond acceptors (Lipinski definition) is 5. The van der Waals surface area contributed by atoms with Gasteiger partial charge >= 0.3 is 0 Å². The van der Waals surface area contributed by atoms with Crippen LogP contribution >= 0.6 is 23.2 Å². The van der Waals surface area contributed by atoms with E-state index in [1.165, 1.54) is 0 Å². The standard InChI is InChI=1S/C20H21Cl2N3O3/c1-13-23-11-14-4-9-28-20(19(14)24-13)5-7-25(8-6-20)18(26)12-27-17-3-2-15(21)10-16(17)22/h2-3,10-11H,4-9,12H2,1H3. The first-order valence-electron chi connectivity index (χ1n) is 9.29. The van der Waals surface area contributed by atoms with Gasteiger partial charge in [0.1, 0.15) is 17.2 Å². The lowest BCUT2D eigenvalue weighted by molar-refractivity contribution is -0.143. The zero-order valence-electron chi connectivity index (χ0n) is 15.6. The fourth-order valence-corrected chi connectivity index (χ4v) is 4.28. The van der Waals surface area contributed by atoms with Crippen LogP contribution in [0.1, 0.15) is 29.9 Å². The quantitative estimate of drug-likeness (QED) is 0.757. The zero-order valence-corrected chi connectivity index (χ0v) is 17.1. The summed E-state index contributed by atoms with van der Waals surface area (Å²) >= 11 is 12.0. The molecule has 1 amide bonds. The average Bonchev–Trinajstić information content (AvgIpc) is 2.68. The Morgan fingerprint density at radius 3 is 2.86 bits per heavy atom. The molecule has 0 aliphatic carbocycles. The molecule has 1 aromatic carbocycles. The first-order chi connectivity index (χ1) is 13.5. The van der Waals surface area contributed by atoms with Crippen LogP contribution < -0.4 is 4.74 Å². The average molecular weight is 422 g/mol. The number of amides is 1. The molecular weight excluding hydrogens is 401 g/mol. The molecule has 0 atom stereocenters. The minimum Gasteiger partial charge on any atom is -0.482 e. The first-order valence-corrected chi connectivity index (χ1v) is 10.0. The number of hydrogen-bond donors (Lipinski definition) is 0. The van der Waals surface area contributed by atoms with E-state index in [9.17, 15) is 4.79 Å². The minimum atomic E-state index is -0.418. The normalized spacial score (nSPS) is 18.0. The number of aryl methyl sites for hydroxylation is 1. The summed E-state index contributed by atoms with van der Waals surface area (Å²) < 4.78 is 11.8. The van der Waals surface area contributed by atoms with Gasteiger partial charge in [-0.1, -0.05) is 23.2 Å². The van der Waals surface area contributed by atoms with Crippen molar-refractivity contribution < 1.29 is 14.3 Å². The summed E-state index contributed by atoms with van der Waals surface area (Å²) in [5.74, 6) is 1.12. The molecule has 3 heterocycles. The number of piperidine rings is 1. The number of ether oxygens (including phenoxy) is 2. The molecule has 1 aromatic heterocycles. The molecule has 0 radical (unpaired) electrons. The molecule has 2 aliphatic heterocycles. The SMILES string of the molecule is Cc1ncc2c(n1)C1(CCN(C(=O)COc3ccc(Cl)cc3Cl)CC1)OCC2. The molecule has 28 heavy (non-hydrogen) atoms. The number of carbonyl (C=O) groups excluding carboxylic acids is 1. The van der Waals surface area contributed by atoms with Crippen LogP contribution in [0.2, 0.25) is 10.0 Å². The Hall–Kier alpha value is -1.89. The maximum Gasteiger partial charge on any atom is 0.260 e. The van der Waals surface area contributed by atoms with Gasteiger partial charge in [-0.3, -0.25) is 4.79 Å². The van der Waals surface area contributed by atoms with Gasteiger partial charge in [0, 0.05) is 24.3 Å². The van der Waals surface area contributed by atoms with Crippen LogP contribution in [0.15, 0.2) is 24.4 Å². The predicted molar refractivity (Wildman–Crippen MR) is 106 cm³/mol. The Morgan fingerprint density at radius 2 is 2.11 bits per heavy atom. The topological polar surface area (TPSA) is 64.6 Å². The molecule has 1 fully saturated rings. The molecular formula is C20H21Cl2N3O3. The van der Waals surface area contributed by atoms with Gasteiger partial charge in [-0.15, -0.1) is 0 Å². The number of carbonyl (C=O) groups is 1. The maximum atomic E-state index is 12.6. The minimum absolute atomic E-state index is 0.0624. The molecule has 1 saturated heterocycles. The van der Waals surface area contributed by atoms with E-state index in [1.54, 1.807) is 23.1 Å². The monoisotopic (exact) mass is 421 g/mol. The number of likely N-dealkylation sites (tertiary alicyclic amines) is 1. The van der Waals surface area contributed by atoms with E-state index >= 15 is 0 Å². The highest BCUT2D eigenvalue weighted by Gasteiger charge is 2.43. The maximum absolute atomic E-state index is 12.6. The number of rotatable bonds is 3. The summed E-state index contributed by atoms with van der Waals surface area (Å²) in [7, 11) is 0. The molecule has 1 spiro atoms. The van der Waals surface area contributed by atoms with Crippen molar-refractivity contribution in [3.05, 3.63) is 51.5 Å². The molecule has 0 bridgehead atoms. The van der Waals surface area contributed by atoms with E-state index < -0.39 is 5.60 Å². The van der Waals surface area contributed by atoms with E-state index in [0.717, 1.165) is 23.5 Å². The highest BCUT2D eigenvalue weighted by atomic mass is 35.5. The molecule has 148 valence electrons. The second kappa shape index (κ2) is 7.85. The molecule has 0 N–H and O–H groups in total. The number of nitrogens with zero attached hydrogens (tertiary/aromatic N) is 3. The molecule has 2 aromatic rings. The second-order valence-corrected chi connectivity index (χ2v) is 7.97. The smallest absolute Gasteiger partial charge is 0.260 e. The van der Waals surface area contributed by atoms with E-state index in [-0.39, 0.29) is 12.5 Å². The Labute approximate surface area is 173 Å². The van der Waals surface area contributed by atoms with Gasteiger partial charge in [-0.25, -0.2) is 9.97 Å². The van der Waals surface area contributed by atoms with Crippen LogP contribution in [0.4, 0.5) is 0 Å². The van der Waals surface area contributed by atoms with E-state index in [2.05, 4.69) is 9.97 Å². The lowest BCUT2D eigenvalue weighted by Crippen LogP contribution is -2.49. The number of fused-ring (bicyclic) bond motifs is 2. The van der Waals surface area contributed by atoms with Crippen molar-refractivity contribution in [2.24, 2.45) is 0 Å². The Balaban J connectivity index is 1.39. The van der Waals surface area contributed by atoms with Crippen LogP contribution in [0.5, 0.6) is 5.75 Å². The van der Waals surface area contributed by atoms with Crippen molar-refractivity contribution in [1.82, 2.24) is 14.9 Å². The van der Waals surface area contributed by atoms with Crippen molar-refractivity contribution in [3.63, 3.8) is 0 Å². The van der Waals surface area contributed by atoms with Gasteiger partial charge in [0.05, 0.1) is 17.3 Å². The second-order valence-electron chi connectivity index (χ2n) is 7.13. The van der Waals surface area contributed by atoms with Crippen molar-refractivity contribution in [3.8, 4) is 5.75 Å². The number of benzene rings is 1. The van der Waals surface area contributed by atoms with Crippen molar-refractivity contribution in [2.45, 2.75) is 31.8 Å². The molecule has 8 heteroatoms. The predicted octanol–water partition coefficient (Wildman–Crippen LogP) is 3.56. The third-order valence-corrected chi connectivity index (χ3v) is 5.87. The lowest BCUT2D eigenvalue weighted by atomic mass is 9.83. The lowest BCUT2D eigenvalue weighted by Gasteiger charge is -2.44. The zero-order chi connectivity index (χ0) is 19.7. The summed E-state index contributed by atoms with van der Waals surface area (Å²) in [6.07, 6.45) is 4.16. The summed E-state index contributed by atoms with van der Waals surface area (Å²) in [6.45, 7) is 3.68. The van der Waals surface area contributed by atoms with Crippen LogP contribution in [-0.2, 0) is 21.6 Å². The highest BCUT2D eigenvalue weighted by Crippen LogP contribution is 2.40. The molecule has 2 aliphatic rings. The summed E-state index contributed by atoms with van der Waals surface area (Å²) in [6, 6.07) is 4.94. The third-order valence-electron chi connectivity index (χ3n) is 5.34. The first kappa shape index (κ1) is 19.4. The largest absolute Gasteiger partial charge is 0.482 e. The van der Waals surface area contributed by atoms with Gasteiger partial charge in [0.15, 0.2) is 6.61 Å². The molecule has 0 unspecified atom stereocenters. The van der Waals surface area contributed by atoms with Crippen LogP contribution in [0.25, 0.3) is 0 Å². The Kier molecular flexibility index (Phi) is 5.45. The van der Waals surface area contributed by atoms with Gasteiger partial charge in [-0.05, 0) is 49.9 Å². The fraction of sp³-hybridized carbons (Fsp3) is 0.450. The molecule has 6 nitrogen and oxygen atoms in total. The molecule has 4 rings (SSSR count). The highest BCUT2D eigenvalue weighted by molar-refractivity contribution is 6.35. The van der Waals surface area contributed by atoms with E-state index in [0.29, 0.717) is 48.3 Å². The van der Waals surface area contributed by atoms with E-state index in [1.807, 2.05) is 13.1 Å².